The van der Waals surface area contributed by atoms with Gasteiger partial charge in [-0.05, 0) is 19.8 Å². The number of hydrogen-bond donors (Lipinski definition) is 1. The summed E-state index contributed by atoms with van der Waals surface area (Å²) in [5.74, 6) is -1.49. The Hall–Kier alpha value is -1.96. The minimum absolute atomic E-state index is 0.248. The highest BCUT2D eigenvalue weighted by Gasteiger charge is 2.13. The van der Waals surface area contributed by atoms with Crippen molar-refractivity contribution in [1.29, 1.82) is 0 Å². The van der Waals surface area contributed by atoms with Crippen LogP contribution in [0.25, 0.3) is 0 Å². The molecule has 0 saturated carbocycles. The van der Waals surface area contributed by atoms with Crippen LogP contribution in [0.15, 0.2) is 21.2 Å². The zero-order chi connectivity index (χ0) is 14.4. The first-order chi connectivity index (χ1) is 8.95. The second-order valence-electron chi connectivity index (χ2n) is 3.94. The molecule has 1 heterocycles. The average Bonchev–Trinajstić information content (AvgIpc) is 2.69. The van der Waals surface area contributed by atoms with Gasteiger partial charge in [-0.1, -0.05) is 11.2 Å². The van der Waals surface area contributed by atoms with E-state index in [1.807, 2.05) is 0 Å². The smallest absolute Gasteiger partial charge is 0.441 e. The molecule has 106 valence electrons. The van der Waals surface area contributed by atoms with Crippen molar-refractivity contribution < 1.29 is 18.4 Å². The summed E-state index contributed by atoms with van der Waals surface area (Å²) in [6, 6.07) is -0.783. The summed E-state index contributed by atoms with van der Waals surface area (Å²) in [6.07, 6.45) is 1.79. The number of allylic oxidation sites excluding steroid dienone is 2. The lowest BCUT2D eigenvalue weighted by molar-refractivity contribution is -0.142. The number of aromatic nitrogens is 2. The van der Waals surface area contributed by atoms with Gasteiger partial charge in [-0.15, -0.1) is 0 Å². The molecule has 1 rings (SSSR count). The van der Waals surface area contributed by atoms with Crippen molar-refractivity contribution in [2.75, 3.05) is 7.11 Å². The maximum absolute atomic E-state index is 13.5. The Labute approximate surface area is 108 Å². The molecular weight excluding hydrogens is 257 g/mol. The van der Waals surface area contributed by atoms with Gasteiger partial charge in [-0.25, -0.2) is 9.18 Å². The van der Waals surface area contributed by atoms with Crippen molar-refractivity contribution in [1.82, 2.24) is 9.72 Å². The van der Waals surface area contributed by atoms with Gasteiger partial charge in [0.05, 0.1) is 13.7 Å². The van der Waals surface area contributed by atoms with Gasteiger partial charge in [0, 0.05) is 0 Å². The van der Waals surface area contributed by atoms with Gasteiger partial charge in [-0.2, -0.15) is 0 Å². The molecule has 19 heavy (non-hydrogen) atoms. The first-order valence-corrected chi connectivity index (χ1v) is 5.66. The van der Waals surface area contributed by atoms with E-state index >= 15 is 0 Å². The number of hydrogen-bond acceptors (Lipinski definition) is 6. The summed E-state index contributed by atoms with van der Waals surface area (Å²) in [6.45, 7) is 1.28. The molecule has 1 aromatic heterocycles. The molecule has 2 N–H and O–H groups in total. The first-order valence-electron chi connectivity index (χ1n) is 5.66. The number of halogens is 1. The Morgan fingerprint density at radius 1 is 1.68 bits per heavy atom. The molecule has 1 aromatic rings. The van der Waals surface area contributed by atoms with Crippen LogP contribution in [0, 0.1) is 6.92 Å². The predicted molar refractivity (Wildman–Crippen MR) is 63.9 cm³/mol. The molecule has 7 nitrogen and oxygen atoms in total. The summed E-state index contributed by atoms with van der Waals surface area (Å²) in [5, 5.41) is 3.41. The number of carbonyl (C=O) groups is 1. The highest BCUT2D eigenvalue weighted by molar-refractivity contribution is 5.75. The van der Waals surface area contributed by atoms with Crippen LogP contribution < -0.4 is 11.5 Å². The fraction of sp³-hybridized carbons (Fsp3) is 0.545. The van der Waals surface area contributed by atoms with Gasteiger partial charge in [0.1, 0.15) is 11.9 Å². The van der Waals surface area contributed by atoms with Crippen molar-refractivity contribution >= 4 is 5.97 Å². The van der Waals surface area contributed by atoms with Gasteiger partial charge in [0.25, 0.3) is 0 Å². The van der Waals surface area contributed by atoms with Crippen LogP contribution >= 0.6 is 0 Å². The Morgan fingerprint density at radius 3 is 2.89 bits per heavy atom. The monoisotopic (exact) mass is 273 g/mol. The van der Waals surface area contributed by atoms with E-state index in [9.17, 15) is 14.0 Å². The fourth-order valence-corrected chi connectivity index (χ4v) is 1.42. The van der Waals surface area contributed by atoms with Crippen molar-refractivity contribution in [3.05, 3.63) is 28.3 Å². The van der Waals surface area contributed by atoms with Gasteiger partial charge >= 0.3 is 11.7 Å². The minimum Gasteiger partial charge on any atom is -0.468 e. The summed E-state index contributed by atoms with van der Waals surface area (Å²) in [7, 11) is 1.24. The van der Waals surface area contributed by atoms with E-state index in [0.717, 1.165) is 4.57 Å². The van der Waals surface area contributed by atoms with Crippen LogP contribution in [0.4, 0.5) is 4.39 Å². The molecule has 1 unspecified atom stereocenters. The Balaban J connectivity index is 2.50. The Bertz CT molecular complexity index is 520. The largest absolute Gasteiger partial charge is 0.468 e. The Morgan fingerprint density at radius 2 is 2.37 bits per heavy atom. The van der Waals surface area contributed by atoms with E-state index < -0.39 is 23.6 Å². The molecule has 1 atom stereocenters. The maximum Gasteiger partial charge on any atom is 0.441 e. The highest BCUT2D eigenvalue weighted by Crippen LogP contribution is 2.06. The zero-order valence-corrected chi connectivity index (χ0v) is 10.8. The highest BCUT2D eigenvalue weighted by atomic mass is 19.1. The van der Waals surface area contributed by atoms with E-state index in [2.05, 4.69) is 14.4 Å². The number of methoxy groups -OCH3 is 1. The number of nitrogens with two attached hydrogens (primary N) is 1. The molecule has 8 heteroatoms. The van der Waals surface area contributed by atoms with Crippen LogP contribution in [-0.2, 0) is 16.1 Å². The van der Waals surface area contributed by atoms with E-state index in [1.54, 1.807) is 0 Å². The number of aryl methyl sites for hydroxylation is 1. The zero-order valence-electron chi connectivity index (χ0n) is 10.8. The summed E-state index contributed by atoms with van der Waals surface area (Å²) >= 11 is 0. The van der Waals surface area contributed by atoms with Gasteiger partial charge < -0.3 is 10.5 Å². The lowest BCUT2D eigenvalue weighted by Gasteiger charge is -2.06. The number of rotatable bonds is 6. The number of nitrogens with zero attached hydrogens (tertiary/aromatic N) is 2. The number of carbonyl (C=O) groups excluding carboxylic acids is 1. The van der Waals surface area contributed by atoms with E-state index in [0.29, 0.717) is 5.82 Å². The normalized spacial score (nSPS) is 13.4. The summed E-state index contributed by atoms with van der Waals surface area (Å²) < 4.78 is 23.4. The topological polar surface area (TPSA) is 100 Å². The lowest BCUT2D eigenvalue weighted by Crippen LogP contribution is -2.31. The number of esters is 1. The fourth-order valence-electron chi connectivity index (χ4n) is 1.42. The minimum atomic E-state index is -0.783. The second kappa shape index (κ2) is 6.83. The summed E-state index contributed by atoms with van der Waals surface area (Å²) in [5.41, 5.74) is 5.49. The van der Waals surface area contributed by atoms with Crippen molar-refractivity contribution in [3.63, 3.8) is 0 Å². The quantitative estimate of drug-likeness (QED) is 0.747. The molecule has 0 fully saturated rings. The molecular formula is C11H16FN3O4. The molecule has 0 aliphatic carbocycles. The van der Waals surface area contributed by atoms with Crippen LogP contribution in [0.2, 0.25) is 0 Å². The molecule has 0 bridgehead atoms. The standard InChI is InChI=1S/C11H16FN3O4/c1-7-14-19-11(17)15(7)6-8(12)4-3-5-9(13)10(16)18-2/h4,9H,3,5-6,13H2,1-2H3/b8-4-. The maximum atomic E-state index is 13.5. The third kappa shape index (κ3) is 4.32. The van der Waals surface area contributed by atoms with E-state index in [-0.39, 0.29) is 19.4 Å². The molecule has 0 spiro atoms. The molecule has 0 saturated heterocycles. The SMILES string of the molecule is COC(=O)C(N)CC/C=C(\F)Cn1c(C)noc1=O. The van der Waals surface area contributed by atoms with Gasteiger partial charge in [0.15, 0.2) is 5.82 Å². The van der Waals surface area contributed by atoms with Crippen LogP contribution in [0.5, 0.6) is 0 Å². The lowest BCUT2D eigenvalue weighted by atomic mass is 10.1. The molecule has 0 aromatic carbocycles. The first kappa shape index (κ1) is 15.1. The van der Waals surface area contributed by atoms with E-state index in [4.69, 9.17) is 5.73 Å². The van der Waals surface area contributed by atoms with Gasteiger partial charge in [-0.3, -0.25) is 13.9 Å². The van der Waals surface area contributed by atoms with Gasteiger partial charge in [0.2, 0.25) is 0 Å². The molecule has 0 amide bonds. The van der Waals surface area contributed by atoms with Crippen molar-refractivity contribution in [2.45, 2.75) is 32.4 Å². The van der Waals surface area contributed by atoms with Crippen molar-refractivity contribution in [2.24, 2.45) is 5.73 Å². The van der Waals surface area contributed by atoms with Crippen LogP contribution in [0.3, 0.4) is 0 Å². The molecule has 0 aliphatic heterocycles. The van der Waals surface area contributed by atoms with Crippen LogP contribution in [0.1, 0.15) is 18.7 Å². The molecule has 0 radical (unpaired) electrons. The number of ether oxygens (including phenoxy) is 1. The van der Waals surface area contributed by atoms with Crippen molar-refractivity contribution in [3.8, 4) is 0 Å². The average molecular weight is 273 g/mol. The summed E-state index contributed by atoms with van der Waals surface area (Å²) in [4.78, 5) is 22.1. The molecule has 0 aliphatic rings. The third-order valence-corrected chi connectivity index (χ3v) is 2.52. The third-order valence-electron chi connectivity index (χ3n) is 2.52. The second-order valence-corrected chi connectivity index (χ2v) is 3.94. The predicted octanol–water partition coefficient (Wildman–Crippen LogP) is 0.279. The van der Waals surface area contributed by atoms with E-state index in [1.165, 1.54) is 20.1 Å². The Kier molecular flexibility index (Phi) is 5.43. The van der Waals surface area contributed by atoms with Crippen LogP contribution in [-0.4, -0.2) is 28.8 Å².